The van der Waals surface area contributed by atoms with Gasteiger partial charge in [0.25, 0.3) is 8.32 Å². The summed E-state index contributed by atoms with van der Waals surface area (Å²) >= 11 is 0. The van der Waals surface area contributed by atoms with Gasteiger partial charge in [0, 0.05) is 6.61 Å². The molecule has 188 valence electrons. The molecule has 2 aromatic carbocycles. The van der Waals surface area contributed by atoms with E-state index in [1.807, 2.05) is 19.1 Å². The van der Waals surface area contributed by atoms with Gasteiger partial charge in [-0.3, -0.25) is 0 Å². The summed E-state index contributed by atoms with van der Waals surface area (Å²) in [5.74, 6) is -1.62. The Labute approximate surface area is 209 Å². The number of aliphatic hydroxyl groups is 1. The molecule has 0 aromatic heterocycles. The number of carbonyl (C=O) groups is 1. The number of rotatable bonds is 12. The van der Waals surface area contributed by atoms with E-state index in [0.717, 1.165) is 26.4 Å². The maximum absolute atomic E-state index is 12.1. The van der Waals surface area contributed by atoms with Crippen molar-refractivity contribution < 1.29 is 23.8 Å². The number of ether oxygens (including phenoxy) is 2. The van der Waals surface area contributed by atoms with E-state index >= 15 is 0 Å². The molecule has 1 unspecified atom stereocenters. The molecule has 0 amide bonds. The Morgan fingerprint density at radius 3 is 2.03 bits per heavy atom. The van der Waals surface area contributed by atoms with Crippen molar-refractivity contribution in [2.24, 2.45) is 5.92 Å². The molecule has 0 radical (unpaired) electrons. The van der Waals surface area contributed by atoms with Crippen molar-refractivity contribution in [3.63, 3.8) is 0 Å². The topological polar surface area (TPSA) is 93.1 Å². The monoisotopic (exact) mass is 497 g/mol. The number of hydrogen-bond donors (Lipinski definition) is 1. The maximum atomic E-state index is 12.1. The van der Waals surface area contributed by atoms with E-state index in [2.05, 4.69) is 79.0 Å². The van der Waals surface area contributed by atoms with Gasteiger partial charge in [0.2, 0.25) is 5.39 Å². The Morgan fingerprint density at radius 1 is 1.06 bits per heavy atom. The third-order valence-corrected chi connectivity index (χ3v) is 11.3. The third kappa shape index (κ3) is 6.93. The van der Waals surface area contributed by atoms with E-state index < -0.39 is 25.9 Å². The van der Waals surface area contributed by atoms with E-state index in [9.17, 15) is 9.90 Å². The second-order valence-electron chi connectivity index (χ2n) is 9.48. The quantitative estimate of drug-likeness (QED) is 0.109. The van der Waals surface area contributed by atoms with Crippen molar-refractivity contribution in [2.75, 3.05) is 20.3 Å². The average Bonchev–Trinajstić information content (AvgIpc) is 2.86. The van der Waals surface area contributed by atoms with Gasteiger partial charge in [-0.25, -0.2) is 4.79 Å². The van der Waals surface area contributed by atoms with Crippen molar-refractivity contribution in [1.82, 2.24) is 0 Å². The summed E-state index contributed by atoms with van der Waals surface area (Å²) in [6.45, 7) is 9.51. The molecule has 0 aliphatic heterocycles. The lowest BCUT2D eigenvalue weighted by Crippen LogP contribution is -2.66. The summed E-state index contributed by atoms with van der Waals surface area (Å²) in [5, 5.41) is 20.8. The number of nitrogens with zero attached hydrogens (tertiary/aromatic N) is 2. The molecule has 0 saturated carbocycles. The zero-order chi connectivity index (χ0) is 25.9. The number of benzene rings is 2. The van der Waals surface area contributed by atoms with Gasteiger partial charge in [-0.2, -0.15) is 0 Å². The summed E-state index contributed by atoms with van der Waals surface area (Å²) in [6.07, 6.45) is 2.41. The molecule has 0 aliphatic carbocycles. The first-order valence-corrected chi connectivity index (χ1v) is 13.9. The summed E-state index contributed by atoms with van der Waals surface area (Å²) in [4.78, 5) is 14.8. The van der Waals surface area contributed by atoms with Crippen LogP contribution in [0.3, 0.4) is 0 Å². The van der Waals surface area contributed by atoms with Gasteiger partial charge in [-0.1, -0.05) is 94.8 Å². The second-order valence-corrected chi connectivity index (χ2v) is 13.8. The molecule has 35 heavy (non-hydrogen) atoms. The van der Waals surface area contributed by atoms with E-state index in [0.29, 0.717) is 6.61 Å². The zero-order valence-electron chi connectivity index (χ0n) is 21.4. The highest BCUT2D eigenvalue weighted by molar-refractivity contribution is 6.99. The lowest BCUT2D eigenvalue weighted by Gasteiger charge is -2.43. The Balaban J connectivity index is 2.11. The Hall–Kier alpha value is -3.15. The summed E-state index contributed by atoms with van der Waals surface area (Å²) in [5.41, 5.74) is -0.655. The van der Waals surface area contributed by atoms with Crippen LogP contribution >= 0.6 is 0 Å². The number of esters is 1. The summed E-state index contributed by atoms with van der Waals surface area (Å²) in [7, 11) is -1.42. The van der Waals surface area contributed by atoms with Gasteiger partial charge < -0.3 is 19.0 Å². The van der Waals surface area contributed by atoms with Crippen LogP contribution < -0.4 is 10.4 Å². The highest BCUT2D eigenvalue weighted by Crippen LogP contribution is 2.37. The predicted molar refractivity (Wildman–Crippen MR) is 139 cm³/mol. The molecular formula is C27H37N2O5Si+. The van der Waals surface area contributed by atoms with E-state index in [4.69, 9.17) is 14.6 Å². The normalized spacial score (nSPS) is 13.4. The number of carbonyl (C=O) groups excluding carboxylic acids is 1. The van der Waals surface area contributed by atoms with E-state index in [-0.39, 0.29) is 17.6 Å². The van der Waals surface area contributed by atoms with Gasteiger partial charge in [0.1, 0.15) is 0 Å². The van der Waals surface area contributed by atoms with Crippen LogP contribution in [0.25, 0.3) is 4.98 Å². The van der Waals surface area contributed by atoms with Gasteiger partial charge in [0.15, 0.2) is 4.98 Å². The van der Waals surface area contributed by atoms with E-state index in [1.54, 1.807) is 0 Å². The molecule has 0 aliphatic rings. The van der Waals surface area contributed by atoms with Gasteiger partial charge in [-0.15, -0.1) is 0 Å². The molecule has 2 aromatic rings. The minimum absolute atomic E-state index is 0.0880. The van der Waals surface area contributed by atoms with Crippen molar-refractivity contribution in [3.8, 4) is 0 Å². The molecule has 0 fully saturated rings. The van der Waals surface area contributed by atoms with Crippen LogP contribution in [0.15, 0.2) is 72.3 Å². The highest BCUT2D eigenvalue weighted by atomic mass is 28.4. The molecule has 0 heterocycles. The fourth-order valence-corrected chi connectivity index (χ4v) is 8.90. The molecule has 8 heteroatoms. The summed E-state index contributed by atoms with van der Waals surface area (Å²) < 4.78 is 16.7. The van der Waals surface area contributed by atoms with Crippen molar-refractivity contribution in [3.05, 3.63) is 77.3 Å². The van der Waals surface area contributed by atoms with Crippen LogP contribution in [0.4, 0.5) is 0 Å². The molecule has 1 N–H and O–H groups in total. The third-order valence-electron chi connectivity index (χ3n) is 6.21. The molecule has 7 nitrogen and oxygen atoms in total. The standard InChI is InChI=1S/C27H36N2O5Si/c1-6-21(20-33-26(31)24(29-28)25(30)32-5)14-13-19-34-35(27(2,3)4,22-15-9-7-10-16-22)23-17-11-8-12-18-23/h7-12,15-18,21H,6,13-14,19-20H2,1-5H3/p+1. The van der Waals surface area contributed by atoms with Crippen LogP contribution in [0.2, 0.25) is 5.04 Å². The lowest BCUT2D eigenvalue weighted by molar-refractivity contribution is -0.140. The fraction of sp³-hybridized carbons (Fsp3) is 0.444. The van der Waals surface area contributed by atoms with Crippen molar-refractivity contribution in [2.45, 2.75) is 52.0 Å². The zero-order valence-corrected chi connectivity index (χ0v) is 22.4. The first kappa shape index (κ1) is 28.1. The smallest absolute Gasteiger partial charge is 0.475 e. The lowest BCUT2D eigenvalue weighted by atomic mass is 10.0. The number of aliphatic hydroxyl groups excluding tert-OH is 1. The fourth-order valence-electron chi connectivity index (χ4n) is 4.29. The van der Waals surface area contributed by atoms with E-state index in [1.165, 1.54) is 10.4 Å². The van der Waals surface area contributed by atoms with Crippen LogP contribution in [0, 0.1) is 11.3 Å². The molecule has 1 atom stereocenters. The first-order valence-electron chi connectivity index (χ1n) is 12.0. The van der Waals surface area contributed by atoms with Gasteiger partial charge in [0.05, 0.1) is 13.7 Å². The van der Waals surface area contributed by atoms with Crippen LogP contribution in [-0.2, 0) is 18.7 Å². The number of methoxy groups -OCH3 is 1. The minimum atomic E-state index is -2.58. The molecule has 0 bridgehead atoms. The van der Waals surface area contributed by atoms with Gasteiger partial charge >= 0.3 is 17.6 Å². The molecular weight excluding hydrogens is 460 g/mol. The second kappa shape index (κ2) is 13.1. The van der Waals surface area contributed by atoms with Crippen LogP contribution in [-0.4, -0.2) is 39.7 Å². The Bertz CT molecular complexity index is 974. The molecule has 2 rings (SSSR count). The predicted octanol–water partition coefficient (Wildman–Crippen LogP) is 5.14. The first-order chi connectivity index (χ1) is 16.7. The minimum Gasteiger partial charge on any atom is -0.475 e. The molecule has 0 spiro atoms. The largest absolute Gasteiger partial charge is 0.547 e. The van der Waals surface area contributed by atoms with Crippen LogP contribution in [0.5, 0.6) is 0 Å². The van der Waals surface area contributed by atoms with Crippen molar-refractivity contribution in [1.29, 1.82) is 5.39 Å². The Morgan fingerprint density at radius 2 is 1.60 bits per heavy atom. The summed E-state index contributed by atoms with van der Waals surface area (Å²) in [6, 6.07) is 21.0. The number of diazo groups is 1. The van der Waals surface area contributed by atoms with Crippen LogP contribution in [0.1, 0.15) is 47.0 Å². The Kier molecular flexibility index (Phi) is 10.5. The maximum Gasteiger partial charge on any atom is 0.547 e. The number of hydrogen-bond acceptors (Lipinski definition) is 6. The highest BCUT2D eigenvalue weighted by Gasteiger charge is 2.50. The van der Waals surface area contributed by atoms with Gasteiger partial charge in [-0.05, 0) is 34.2 Å². The SMILES string of the molecule is CCC(CCCO[Si](c1ccccc1)(c1ccccc1)C(C)(C)C)COC(=O)/C([N+]#N)=C(\O)OC. The molecule has 0 saturated heterocycles. The van der Waals surface area contributed by atoms with Crippen molar-refractivity contribution >= 4 is 24.7 Å². The average molecular weight is 498 g/mol.